The van der Waals surface area contributed by atoms with Gasteiger partial charge in [-0.1, -0.05) is 30.3 Å². The molecule has 1 aliphatic rings. The number of nitrogens with zero attached hydrogens (tertiary/aromatic N) is 3. The number of hydrogen-bond donors (Lipinski definition) is 1. The topological polar surface area (TPSA) is 50.3 Å². The van der Waals surface area contributed by atoms with Gasteiger partial charge in [-0.15, -0.1) is 12.4 Å². The number of aromatic nitrogens is 2. The summed E-state index contributed by atoms with van der Waals surface area (Å²) in [5, 5.41) is 3.49. The number of nitrogens with one attached hydrogen (secondary N) is 1. The lowest BCUT2D eigenvalue weighted by Gasteiger charge is -2.39. The molecule has 5 nitrogen and oxygen atoms in total. The first kappa shape index (κ1) is 25.5. The Morgan fingerprint density at radius 2 is 1.81 bits per heavy atom. The van der Waals surface area contributed by atoms with E-state index in [1.165, 1.54) is 36.3 Å². The van der Waals surface area contributed by atoms with Gasteiger partial charge in [0.25, 0.3) is 0 Å². The van der Waals surface area contributed by atoms with Gasteiger partial charge >= 0.3 is 6.18 Å². The van der Waals surface area contributed by atoms with Crippen LogP contribution in [-0.2, 0) is 6.42 Å². The van der Waals surface area contributed by atoms with Crippen molar-refractivity contribution in [3.8, 4) is 5.75 Å². The fourth-order valence-electron chi connectivity index (χ4n) is 4.58. The number of ether oxygens (including phenoxy) is 1. The quantitative estimate of drug-likeness (QED) is 0.297. The van der Waals surface area contributed by atoms with Crippen molar-refractivity contribution >= 4 is 40.8 Å². The number of hydrogen-bond acceptors (Lipinski definition) is 5. The smallest absolute Gasteiger partial charge is 0.413 e. The molecule has 5 rings (SSSR count). The van der Waals surface area contributed by atoms with Crippen LogP contribution in [0.3, 0.4) is 0 Å². The van der Waals surface area contributed by atoms with E-state index in [4.69, 9.17) is 4.74 Å². The van der Waals surface area contributed by atoms with Gasteiger partial charge in [0.1, 0.15) is 22.9 Å². The molecular formula is C26H23ClF4N4O. The number of halogens is 5. The molecule has 0 radical (unpaired) electrons. The number of benzene rings is 3. The Balaban J connectivity index is 0.00000304. The number of fused-ring (bicyclic) bond motifs is 2. The van der Waals surface area contributed by atoms with Crippen molar-refractivity contribution in [3.63, 3.8) is 0 Å². The summed E-state index contributed by atoms with van der Waals surface area (Å²) < 4.78 is 62.5. The van der Waals surface area contributed by atoms with E-state index < -0.39 is 18.0 Å². The minimum Gasteiger partial charge on any atom is -0.494 e. The van der Waals surface area contributed by atoms with E-state index in [1.807, 2.05) is 0 Å². The third-order valence-corrected chi connectivity index (χ3v) is 6.19. The van der Waals surface area contributed by atoms with Crippen LogP contribution in [0.2, 0.25) is 0 Å². The van der Waals surface area contributed by atoms with Crippen LogP contribution in [0.5, 0.6) is 5.75 Å². The number of rotatable bonds is 4. The van der Waals surface area contributed by atoms with Crippen molar-refractivity contribution < 1.29 is 22.3 Å². The maximum Gasteiger partial charge on any atom is 0.413 e. The monoisotopic (exact) mass is 518 g/mol. The van der Waals surface area contributed by atoms with Crippen LogP contribution in [-0.4, -0.2) is 29.8 Å². The van der Waals surface area contributed by atoms with Crippen LogP contribution in [0.25, 0.3) is 10.9 Å². The minimum absolute atomic E-state index is 0. The van der Waals surface area contributed by atoms with Gasteiger partial charge in [0.15, 0.2) is 6.04 Å². The Morgan fingerprint density at radius 3 is 2.53 bits per heavy atom. The highest BCUT2D eigenvalue weighted by atomic mass is 35.5. The van der Waals surface area contributed by atoms with Gasteiger partial charge in [-0.3, -0.25) is 0 Å². The summed E-state index contributed by atoms with van der Waals surface area (Å²) in [5.74, 6) is 0.250. The van der Waals surface area contributed by atoms with Crippen molar-refractivity contribution in [1.82, 2.24) is 9.97 Å². The molecule has 10 heteroatoms. The third kappa shape index (κ3) is 4.63. The van der Waals surface area contributed by atoms with Crippen molar-refractivity contribution in [3.05, 3.63) is 83.2 Å². The lowest BCUT2D eigenvalue weighted by atomic mass is 9.92. The van der Waals surface area contributed by atoms with Crippen molar-refractivity contribution in [2.45, 2.75) is 25.6 Å². The summed E-state index contributed by atoms with van der Waals surface area (Å²) in [4.78, 5) is 10.4. The van der Waals surface area contributed by atoms with Gasteiger partial charge in [0, 0.05) is 17.6 Å². The second-order valence-corrected chi connectivity index (χ2v) is 8.40. The van der Waals surface area contributed by atoms with Crippen molar-refractivity contribution in [2.75, 3.05) is 23.9 Å². The Labute approximate surface area is 211 Å². The lowest BCUT2D eigenvalue weighted by Crippen LogP contribution is -2.44. The van der Waals surface area contributed by atoms with Crippen LogP contribution < -0.4 is 15.0 Å². The van der Waals surface area contributed by atoms with E-state index in [0.717, 1.165) is 0 Å². The molecule has 1 aliphatic heterocycles. The summed E-state index contributed by atoms with van der Waals surface area (Å²) in [6, 6.07) is 14.0. The average Bonchev–Trinajstić information content (AvgIpc) is 2.83. The highest BCUT2D eigenvalue weighted by Gasteiger charge is 2.48. The minimum atomic E-state index is -4.53. The Kier molecular flexibility index (Phi) is 6.95. The van der Waals surface area contributed by atoms with Crippen molar-refractivity contribution in [2.24, 2.45) is 0 Å². The molecule has 1 atom stereocenters. The predicted molar refractivity (Wildman–Crippen MR) is 134 cm³/mol. The van der Waals surface area contributed by atoms with Crippen molar-refractivity contribution in [1.29, 1.82) is 0 Å². The fourth-order valence-corrected chi connectivity index (χ4v) is 4.58. The molecule has 1 aromatic heterocycles. The van der Waals surface area contributed by atoms with Crippen LogP contribution in [0, 0.1) is 12.7 Å². The van der Waals surface area contributed by atoms with E-state index >= 15 is 0 Å². The molecule has 1 N–H and O–H groups in total. The molecule has 0 aliphatic carbocycles. The maximum absolute atomic E-state index is 14.5. The molecule has 188 valence electrons. The molecule has 36 heavy (non-hydrogen) atoms. The number of alkyl halides is 3. The van der Waals surface area contributed by atoms with E-state index in [1.54, 1.807) is 43.3 Å². The molecule has 0 amide bonds. The summed E-state index contributed by atoms with van der Waals surface area (Å²) in [6.45, 7) is 1.84. The fraction of sp³-hybridized carbons (Fsp3) is 0.231. The number of anilines is 3. The average molecular weight is 519 g/mol. The second kappa shape index (κ2) is 9.81. The third-order valence-electron chi connectivity index (χ3n) is 6.19. The molecule has 0 saturated heterocycles. The van der Waals surface area contributed by atoms with Gasteiger partial charge < -0.3 is 15.0 Å². The van der Waals surface area contributed by atoms with E-state index in [0.29, 0.717) is 39.9 Å². The molecule has 0 saturated carbocycles. The molecule has 3 aromatic carbocycles. The van der Waals surface area contributed by atoms with Crippen LogP contribution in [0.4, 0.5) is 35.0 Å². The number of para-hydroxylation sites is 1. The second-order valence-electron chi connectivity index (χ2n) is 8.40. The Morgan fingerprint density at radius 1 is 1.03 bits per heavy atom. The van der Waals surface area contributed by atoms with E-state index in [9.17, 15) is 17.6 Å². The van der Waals surface area contributed by atoms with Crippen LogP contribution in [0.1, 0.15) is 22.7 Å². The first-order chi connectivity index (χ1) is 16.8. The Hall–Kier alpha value is -3.59. The maximum atomic E-state index is 14.5. The molecule has 2 heterocycles. The SMILES string of the molecule is COc1cccc2c(N3CCc4ccccc4C3C(F)(F)F)nc(Nc3ccc(F)cc3C)nc12.Cl. The zero-order valence-corrected chi connectivity index (χ0v) is 20.3. The molecular weight excluding hydrogens is 496 g/mol. The zero-order chi connectivity index (χ0) is 24.7. The lowest BCUT2D eigenvalue weighted by molar-refractivity contribution is -0.151. The van der Waals surface area contributed by atoms with Crippen LogP contribution in [0.15, 0.2) is 60.7 Å². The summed E-state index contributed by atoms with van der Waals surface area (Å²) in [5.41, 5.74) is 2.41. The summed E-state index contributed by atoms with van der Waals surface area (Å²) in [6.07, 6.45) is -4.09. The number of aryl methyl sites for hydroxylation is 1. The first-order valence-corrected chi connectivity index (χ1v) is 11.1. The number of methoxy groups -OCH3 is 1. The highest BCUT2D eigenvalue weighted by Crippen LogP contribution is 2.45. The first-order valence-electron chi connectivity index (χ1n) is 11.1. The highest BCUT2D eigenvalue weighted by molar-refractivity contribution is 5.95. The van der Waals surface area contributed by atoms with Gasteiger partial charge in [-0.25, -0.2) is 9.37 Å². The van der Waals surface area contributed by atoms with Gasteiger partial charge in [0.05, 0.1) is 7.11 Å². The van der Waals surface area contributed by atoms with Gasteiger partial charge in [-0.05, 0) is 60.4 Å². The molecule has 0 spiro atoms. The molecule has 4 aromatic rings. The van der Waals surface area contributed by atoms with E-state index in [2.05, 4.69) is 15.3 Å². The van der Waals surface area contributed by atoms with Crippen LogP contribution >= 0.6 is 12.4 Å². The normalized spacial score (nSPS) is 15.3. The van der Waals surface area contributed by atoms with Gasteiger partial charge in [-0.2, -0.15) is 18.2 Å². The molecule has 0 fully saturated rings. The van der Waals surface area contributed by atoms with E-state index in [-0.39, 0.29) is 36.3 Å². The standard InChI is InChI=1S/C26H22F4N4O.ClH/c1-15-14-17(27)10-11-20(15)31-25-32-22-19(8-5-9-21(22)35-2)24(33-25)34-13-12-16-6-3-4-7-18(16)23(34)26(28,29)30;/h3-11,14,23H,12-13H2,1-2H3,(H,31,32,33);1H. The predicted octanol–water partition coefficient (Wildman–Crippen LogP) is 6.92. The largest absolute Gasteiger partial charge is 0.494 e. The molecule has 1 unspecified atom stereocenters. The molecule has 0 bridgehead atoms. The zero-order valence-electron chi connectivity index (χ0n) is 19.4. The Bertz CT molecular complexity index is 1410. The summed E-state index contributed by atoms with van der Waals surface area (Å²) >= 11 is 0. The van der Waals surface area contributed by atoms with Gasteiger partial charge in [0.2, 0.25) is 5.95 Å². The summed E-state index contributed by atoms with van der Waals surface area (Å²) in [7, 11) is 1.48.